The van der Waals surface area contributed by atoms with Gasteiger partial charge >= 0.3 is 0 Å². The van der Waals surface area contributed by atoms with Crippen molar-refractivity contribution in [3.8, 4) is 5.75 Å². The minimum absolute atomic E-state index is 0. The highest BCUT2D eigenvalue weighted by molar-refractivity contribution is 14.0. The molecule has 0 saturated heterocycles. The van der Waals surface area contributed by atoms with Crippen LogP contribution in [0, 0.1) is 6.92 Å². The Kier molecular flexibility index (Phi) is 15.7. The molecule has 1 aromatic carbocycles. The molecule has 1 aromatic rings. The van der Waals surface area contributed by atoms with Gasteiger partial charge in [-0.15, -0.1) is 24.0 Å². The zero-order valence-corrected chi connectivity index (χ0v) is 17.9. The molecule has 0 aliphatic carbocycles. The van der Waals surface area contributed by atoms with E-state index < -0.39 is 0 Å². The lowest BCUT2D eigenvalue weighted by atomic mass is 10.2. The number of methoxy groups -OCH3 is 1. The molecule has 25 heavy (non-hydrogen) atoms. The van der Waals surface area contributed by atoms with Crippen LogP contribution in [0.4, 0.5) is 0 Å². The lowest BCUT2D eigenvalue weighted by molar-refractivity contribution is 0.0702. The van der Waals surface area contributed by atoms with Crippen molar-refractivity contribution in [3.63, 3.8) is 0 Å². The lowest BCUT2D eigenvalue weighted by Gasteiger charge is -2.12. The van der Waals surface area contributed by atoms with Crippen molar-refractivity contribution in [2.45, 2.75) is 20.3 Å². The Hall–Kier alpha value is -1.06. The predicted molar refractivity (Wildman–Crippen MR) is 113 cm³/mol. The number of nitrogens with one attached hydrogen (secondary N) is 2. The van der Waals surface area contributed by atoms with E-state index in [9.17, 15) is 0 Å². The fourth-order valence-corrected chi connectivity index (χ4v) is 1.92. The monoisotopic (exact) mass is 465 g/mol. The van der Waals surface area contributed by atoms with Gasteiger partial charge in [-0.05, 0) is 32.4 Å². The summed E-state index contributed by atoms with van der Waals surface area (Å²) < 4.78 is 16.0. The van der Waals surface area contributed by atoms with Crippen LogP contribution in [0.3, 0.4) is 0 Å². The number of guanidine groups is 1. The van der Waals surface area contributed by atoms with E-state index in [0.29, 0.717) is 33.0 Å². The van der Waals surface area contributed by atoms with Crippen molar-refractivity contribution < 1.29 is 14.2 Å². The van der Waals surface area contributed by atoms with Crippen LogP contribution in [-0.2, 0) is 9.47 Å². The molecule has 0 aliphatic rings. The normalized spacial score (nSPS) is 10.9. The quantitative estimate of drug-likeness (QED) is 0.215. The number of nitrogens with zero attached hydrogens (tertiary/aromatic N) is 1. The van der Waals surface area contributed by atoms with Gasteiger partial charge in [-0.2, -0.15) is 0 Å². The second kappa shape index (κ2) is 16.4. The molecule has 0 atom stereocenters. The van der Waals surface area contributed by atoms with Crippen LogP contribution < -0.4 is 15.4 Å². The van der Waals surface area contributed by atoms with Crippen LogP contribution in [-0.4, -0.2) is 59.1 Å². The molecule has 0 radical (unpaired) electrons. The highest BCUT2D eigenvalue weighted by atomic mass is 127. The number of aliphatic imine (C=N–C) groups is 1. The molecule has 0 aromatic heterocycles. The van der Waals surface area contributed by atoms with Crippen LogP contribution in [0.5, 0.6) is 5.75 Å². The van der Waals surface area contributed by atoms with Gasteiger partial charge in [0.05, 0.1) is 19.8 Å². The Morgan fingerprint density at radius 1 is 1.04 bits per heavy atom. The first kappa shape index (κ1) is 23.9. The smallest absolute Gasteiger partial charge is 0.191 e. The Morgan fingerprint density at radius 2 is 1.80 bits per heavy atom. The number of halogens is 1. The number of hydrogen-bond donors (Lipinski definition) is 2. The number of rotatable bonds is 12. The van der Waals surface area contributed by atoms with Gasteiger partial charge in [0, 0.05) is 26.8 Å². The van der Waals surface area contributed by atoms with E-state index in [-0.39, 0.29) is 24.0 Å². The minimum atomic E-state index is 0. The van der Waals surface area contributed by atoms with E-state index in [0.717, 1.165) is 31.2 Å². The van der Waals surface area contributed by atoms with Gasteiger partial charge in [-0.1, -0.05) is 17.7 Å². The molecule has 0 saturated carbocycles. The molecule has 0 fully saturated rings. The fraction of sp³-hybridized carbons (Fsp3) is 0.611. The third-order valence-corrected chi connectivity index (χ3v) is 3.18. The van der Waals surface area contributed by atoms with Crippen molar-refractivity contribution in [2.24, 2.45) is 4.99 Å². The molecule has 0 bridgehead atoms. The highest BCUT2D eigenvalue weighted by Crippen LogP contribution is 2.10. The first-order chi connectivity index (χ1) is 11.8. The third kappa shape index (κ3) is 12.9. The van der Waals surface area contributed by atoms with E-state index in [1.807, 2.05) is 31.2 Å². The lowest BCUT2D eigenvalue weighted by Crippen LogP contribution is -2.39. The van der Waals surface area contributed by atoms with Crippen molar-refractivity contribution >= 4 is 29.9 Å². The molecule has 144 valence electrons. The first-order valence-corrected chi connectivity index (χ1v) is 8.54. The molecule has 0 spiro atoms. The van der Waals surface area contributed by atoms with Crippen LogP contribution >= 0.6 is 24.0 Å². The second-order valence-corrected chi connectivity index (χ2v) is 5.31. The molecule has 2 N–H and O–H groups in total. The summed E-state index contributed by atoms with van der Waals surface area (Å²) in [5.41, 5.74) is 1.23. The van der Waals surface area contributed by atoms with E-state index in [2.05, 4.69) is 22.5 Å². The van der Waals surface area contributed by atoms with Crippen molar-refractivity contribution in [1.29, 1.82) is 0 Å². The van der Waals surface area contributed by atoms with Crippen molar-refractivity contribution in [2.75, 3.05) is 53.2 Å². The fourth-order valence-electron chi connectivity index (χ4n) is 1.92. The van der Waals surface area contributed by atoms with Crippen LogP contribution in [0.2, 0.25) is 0 Å². The van der Waals surface area contributed by atoms with E-state index in [1.165, 1.54) is 5.56 Å². The standard InChI is InChI=1S/C18H31N3O3.HI/c1-4-19-18(20-10-5-12-23-15-14-22-3)21-11-13-24-17-8-6-16(2)7-9-17;/h6-9H,4-5,10-15H2,1-3H3,(H2,19,20,21);1H. The average molecular weight is 465 g/mol. The average Bonchev–Trinajstić information content (AvgIpc) is 2.59. The van der Waals surface area contributed by atoms with Crippen LogP contribution in [0.25, 0.3) is 0 Å². The summed E-state index contributed by atoms with van der Waals surface area (Å²) in [7, 11) is 1.67. The van der Waals surface area contributed by atoms with Gasteiger partial charge in [0.15, 0.2) is 5.96 Å². The summed E-state index contributed by atoms with van der Waals surface area (Å²) in [6.45, 7) is 8.92. The number of aryl methyl sites for hydroxylation is 1. The minimum Gasteiger partial charge on any atom is -0.492 e. The number of hydrogen-bond acceptors (Lipinski definition) is 4. The SMILES string of the molecule is CCNC(=NCCCOCCOC)NCCOc1ccc(C)cc1.I. The topological polar surface area (TPSA) is 64.1 Å². The molecule has 1 rings (SSSR count). The third-order valence-electron chi connectivity index (χ3n) is 3.18. The van der Waals surface area contributed by atoms with Crippen LogP contribution in [0.1, 0.15) is 18.9 Å². The Morgan fingerprint density at radius 3 is 2.48 bits per heavy atom. The second-order valence-electron chi connectivity index (χ2n) is 5.31. The maximum absolute atomic E-state index is 5.69. The molecule has 0 aliphatic heterocycles. The summed E-state index contributed by atoms with van der Waals surface area (Å²) in [5.74, 6) is 1.69. The highest BCUT2D eigenvalue weighted by Gasteiger charge is 1.98. The molecular weight excluding hydrogens is 433 g/mol. The number of ether oxygens (including phenoxy) is 3. The van der Waals surface area contributed by atoms with Crippen molar-refractivity contribution in [3.05, 3.63) is 29.8 Å². The molecule has 0 unspecified atom stereocenters. The summed E-state index contributed by atoms with van der Waals surface area (Å²) in [6.07, 6.45) is 0.889. The van der Waals surface area contributed by atoms with Gasteiger partial charge in [0.1, 0.15) is 12.4 Å². The van der Waals surface area contributed by atoms with Crippen LogP contribution in [0.15, 0.2) is 29.3 Å². The van der Waals surface area contributed by atoms with Gasteiger partial charge in [0.2, 0.25) is 0 Å². The molecular formula is C18H32IN3O3. The van der Waals surface area contributed by atoms with Gasteiger partial charge in [-0.25, -0.2) is 0 Å². The van der Waals surface area contributed by atoms with Gasteiger partial charge in [0.25, 0.3) is 0 Å². The van der Waals surface area contributed by atoms with Gasteiger partial charge in [-0.3, -0.25) is 4.99 Å². The zero-order valence-electron chi connectivity index (χ0n) is 15.5. The summed E-state index contributed by atoms with van der Waals surface area (Å²) in [4.78, 5) is 4.52. The summed E-state index contributed by atoms with van der Waals surface area (Å²) in [6, 6.07) is 8.06. The molecule has 6 nitrogen and oxygen atoms in total. The maximum atomic E-state index is 5.69. The molecule has 0 amide bonds. The Bertz CT molecular complexity index is 455. The van der Waals surface area contributed by atoms with Gasteiger partial charge < -0.3 is 24.8 Å². The zero-order chi connectivity index (χ0) is 17.5. The Balaban J connectivity index is 0.00000576. The first-order valence-electron chi connectivity index (χ1n) is 8.54. The maximum Gasteiger partial charge on any atom is 0.191 e. The predicted octanol–water partition coefficient (Wildman–Crippen LogP) is 2.60. The Labute approximate surface area is 168 Å². The summed E-state index contributed by atoms with van der Waals surface area (Å²) in [5, 5.41) is 6.49. The van der Waals surface area contributed by atoms with E-state index in [4.69, 9.17) is 14.2 Å². The largest absolute Gasteiger partial charge is 0.492 e. The van der Waals surface area contributed by atoms with E-state index >= 15 is 0 Å². The van der Waals surface area contributed by atoms with Crippen molar-refractivity contribution in [1.82, 2.24) is 10.6 Å². The molecule has 7 heteroatoms. The summed E-state index contributed by atoms with van der Waals surface area (Å²) >= 11 is 0. The number of benzene rings is 1. The van der Waals surface area contributed by atoms with E-state index in [1.54, 1.807) is 7.11 Å². The molecule has 0 heterocycles.